The summed E-state index contributed by atoms with van der Waals surface area (Å²) in [4.78, 5) is 0. The molecule has 110 valence electrons. The van der Waals surface area contributed by atoms with Gasteiger partial charge < -0.3 is 13.9 Å². The maximum absolute atomic E-state index is 14.1. The monoisotopic (exact) mass is 298 g/mol. The SMILES string of the molecule is CC1(C)OB(c2ccc(P(C)(C)=O)c(F)c2)OC1(C)C. The summed E-state index contributed by atoms with van der Waals surface area (Å²) in [5, 5.41) is 0.262. The highest BCUT2D eigenvalue weighted by Crippen LogP contribution is 2.37. The van der Waals surface area contributed by atoms with Crippen molar-refractivity contribution < 1.29 is 18.3 Å². The lowest BCUT2D eigenvalue weighted by Crippen LogP contribution is -2.41. The fourth-order valence-corrected chi connectivity index (χ4v) is 3.10. The molecule has 0 aromatic heterocycles. The van der Waals surface area contributed by atoms with Crippen LogP contribution in [0.25, 0.3) is 0 Å². The highest BCUT2D eigenvalue weighted by molar-refractivity contribution is 7.70. The van der Waals surface area contributed by atoms with Crippen LogP contribution in [0.1, 0.15) is 27.7 Å². The van der Waals surface area contributed by atoms with E-state index in [2.05, 4.69) is 0 Å². The largest absolute Gasteiger partial charge is 0.494 e. The van der Waals surface area contributed by atoms with E-state index in [1.807, 2.05) is 27.7 Å². The number of hydrogen-bond donors (Lipinski definition) is 0. The molecule has 0 atom stereocenters. The Kier molecular flexibility index (Phi) is 3.69. The zero-order valence-corrected chi connectivity index (χ0v) is 13.8. The minimum Gasteiger partial charge on any atom is -0.399 e. The second-order valence-corrected chi connectivity index (χ2v) is 9.83. The maximum Gasteiger partial charge on any atom is 0.494 e. The van der Waals surface area contributed by atoms with E-state index in [0.29, 0.717) is 5.46 Å². The summed E-state index contributed by atoms with van der Waals surface area (Å²) in [7, 11) is -3.22. The topological polar surface area (TPSA) is 35.5 Å². The molecule has 0 spiro atoms. The summed E-state index contributed by atoms with van der Waals surface area (Å²) in [6, 6.07) is 4.65. The molecule has 20 heavy (non-hydrogen) atoms. The minimum absolute atomic E-state index is 0.262. The summed E-state index contributed by atoms with van der Waals surface area (Å²) in [5.41, 5.74) is -0.312. The first-order chi connectivity index (χ1) is 8.94. The first-order valence-electron chi connectivity index (χ1n) is 6.65. The van der Waals surface area contributed by atoms with Gasteiger partial charge in [-0.15, -0.1) is 0 Å². The van der Waals surface area contributed by atoms with Crippen molar-refractivity contribution in [3.8, 4) is 0 Å². The zero-order chi connectivity index (χ0) is 15.3. The van der Waals surface area contributed by atoms with Gasteiger partial charge in [0.05, 0.1) is 11.2 Å². The summed E-state index contributed by atoms with van der Waals surface area (Å²) in [5.74, 6) is -0.467. The highest BCUT2D eigenvalue weighted by atomic mass is 31.2. The van der Waals surface area contributed by atoms with E-state index in [0.717, 1.165) is 0 Å². The summed E-state index contributed by atoms with van der Waals surface area (Å²) >= 11 is 0. The number of rotatable bonds is 2. The number of benzene rings is 1. The molecule has 3 nitrogen and oxygen atoms in total. The fraction of sp³-hybridized carbons (Fsp3) is 0.571. The van der Waals surface area contributed by atoms with Crippen molar-refractivity contribution in [1.82, 2.24) is 0 Å². The molecule has 0 saturated carbocycles. The smallest absolute Gasteiger partial charge is 0.399 e. The van der Waals surface area contributed by atoms with Gasteiger partial charge in [0.15, 0.2) is 0 Å². The van der Waals surface area contributed by atoms with Crippen molar-refractivity contribution in [2.24, 2.45) is 0 Å². The quantitative estimate of drug-likeness (QED) is 0.621. The van der Waals surface area contributed by atoms with Crippen molar-refractivity contribution in [3.63, 3.8) is 0 Å². The standard InChI is InChI=1S/C14H21BFO3P/c1-13(2)14(3,4)19-15(18-13)10-7-8-12(11(16)9-10)20(5,6)17/h7-9H,1-6H3. The molecule has 1 aliphatic heterocycles. The van der Waals surface area contributed by atoms with Gasteiger partial charge in [-0.1, -0.05) is 6.07 Å². The Bertz CT molecular complexity index is 564. The van der Waals surface area contributed by atoms with Crippen molar-refractivity contribution in [2.45, 2.75) is 38.9 Å². The summed E-state index contributed by atoms with van der Waals surface area (Å²) < 4.78 is 37.8. The molecule has 1 aliphatic rings. The predicted molar refractivity (Wildman–Crippen MR) is 81.2 cm³/mol. The van der Waals surface area contributed by atoms with Gasteiger partial charge in [-0.05, 0) is 58.6 Å². The third kappa shape index (κ3) is 2.72. The maximum atomic E-state index is 14.1. The Morgan fingerprint density at radius 3 is 2.00 bits per heavy atom. The lowest BCUT2D eigenvalue weighted by atomic mass is 9.79. The van der Waals surface area contributed by atoms with Crippen LogP contribution in [0.3, 0.4) is 0 Å². The second kappa shape index (κ2) is 4.69. The van der Waals surface area contributed by atoms with Crippen LogP contribution in [0.15, 0.2) is 18.2 Å². The van der Waals surface area contributed by atoms with Gasteiger partial charge in [-0.2, -0.15) is 0 Å². The molecule has 0 aliphatic carbocycles. The van der Waals surface area contributed by atoms with Gasteiger partial charge >= 0.3 is 7.12 Å². The van der Waals surface area contributed by atoms with E-state index < -0.39 is 31.3 Å². The fourth-order valence-electron chi connectivity index (χ4n) is 2.09. The van der Waals surface area contributed by atoms with Crippen molar-refractivity contribution in [3.05, 3.63) is 24.0 Å². The highest BCUT2D eigenvalue weighted by Gasteiger charge is 2.51. The van der Waals surface area contributed by atoms with E-state index >= 15 is 0 Å². The number of halogens is 1. The van der Waals surface area contributed by atoms with E-state index in [-0.39, 0.29) is 5.30 Å². The molecule has 0 radical (unpaired) electrons. The van der Waals surface area contributed by atoms with Crippen LogP contribution in [0.5, 0.6) is 0 Å². The van der Waals surface area contributed by atoms with Crippen LogP contribution in [0.4, 0.5) is 4.39 Å². The van der Waals surface area contributed by atoms with Crippen molar-refractivity contribution in [2.75, 3.05) is 13.3 Å². The van der Waals surface area contributed by atoms with Gasteiger partial charge in [0.2, 0.25) is 0 Å². The summed E-state index contributed by atoms with van der Waals surface area (Å²) in [6.07, 6.45) is 0. The molecular weight excluding hydrogens is 277 g/mol. The van der Waals surface area contributed by atoms with E-state index in [1.165, 1.54) is 6.07 Å². The Morgan fingerprint density at radius 1 is 1.10 bits per heavy atom. The van der Waals surface area contributed by atoms with Crippen LogP contribution in [0.2, 0.25) is 0 Å². The summed E-state index contributed by atoms with van der Waals surface area (Å²) in [6.45, 7) is 10.9. The molecule has 0 bridgehead atoms. The van der Waals surface area contributed by atoms with E-state index in [1.54, 1.807) is 25.5 Å². The molecule has 0 amide bonds. The molecule has 0 unspecified atom stereocenters. The Labute approximate surface area is 120 Å². The van der Waals surface area contributed by atoms with Crippen LogP contribution in [-0.4, -0.2) is 31.7 Å². The average Bonchev–Trinajstić information content (AvgIpc) is 2.46. The first kappa shape index (κ1) is 15.7. The lowest BCUT2D eigenvalue weighted by molar-refractivity contribution is 0.00578. The normalized spacial score (nSPS) is 21.2. The van der Waals surface area contributed by atoms with Gasteiger partial charge in [-0.3, -0.25) is 0 Å². The van der Waals surface area contributed by atoms with E-state index in [4.69, 9.17) is 9.31 Å². The van der Waals surface area contributed by atoms with Gasteiger partial charge in [0.25, 0.3) is 0 Å². The van der Waals surface area contributed by atoms with E-state index in [9.17, 15) is 8.96 Å². The van der Waals surface area contributed by atoms with Crippen molar-refractivity contribution >= 4 is 25.0 Å². The average molecular weight is 298 g/mol. The second-order valence-electron chi connectivity index (χ2n) is 6.65. The molecule has 1 aromatic rings. The third-order valence-corrected chi connectivity index (χ3v) is 5.60. The Morgan fingerprint density at radius 2 is 1.60 bits per heavy atom. The van der Waals surface area contributed by atoms with Crippen LogP contribution < -0.4 is 10.8 Å². The molecule has 0 N–H and O–H groups in total. The van der Waals surface area contributed by atoms with Crippen LogP contribution >= 0.6 is 7.14 Å². The molecule has 1 heterocycles. The third-order valence-electron chi connectivity index (χ3n) is 4.08. The van der Waals surface area contributed by atoms with Crippen LogP contribution in [-0.2, 0) is 13.9 Å². The van der Waals surface area contributed by atoms with Crippen molar-refractivity contribution in [1.29, 1.82) is 0 Å². The minimum atomic E-state index is -2.61. The molecular formula is C14H21BFO3P. The van der Waals surface area contributed by atoms with Crippen LogP contribution in [0, 0.1) is 5.82 Å². The van der Waals surface area contributed by atoms with Gasteiger partial charge in [0.1, 0.15) is 13.0 Å². The van der Waals surface area contributed by atoms with Gasteiger partial charge in [-0.25, -0.2) is 4.39 Å². The molecule has 6 heteroatoms. The Hall–Kier alpha value is -0.635. The van der Waals surface area contributed by atoms with Gasteiger partial charge in [0, 0.05) is 5.30 Å². The molecule has 1 saturated heterocycles. The Balaban J connectivity index is 2.33. The first-order valence-corrected chi connectivity index (χ1v) is 9.25. The predicted octanol–water partition coefficient (Wildman–Crippen LogP) is 2.37. The molecule has 1 fully saturated rings. The molecule has 2 rings (SSSR count). The molecule has 1 aromatic carbocycles. The zero-order valence-electron chi connectivity index (χ0n) is 12.9. The lowest BCUT2D eigenvalue weighted by Gasteiger charge is -2.32. The number of hydrogen-bond acceptors (Lipinski definition) is 3.